The molecular formula is C15H11F6N3O2. The summed E-state index contributed by atoms with van der Waals surface area (Å²) < 4.78 is 78.2. The SMILES string of the molecule is CC/C(=C\n1cnc(-c2cc(C(F)(F)F)cc(C(F)(F)F)c2)n1)C(=O)O. The van der Waals surface area contributed by atoms with Gasteiger partial charge in [0.1, 0.15) is 6.33 Å². The molecule has 11 heteroatoms. The molecule has 0 aliphatic carbocycles. The molecule has 26 heavy (non-hydrogen) atoms. The van der Waals surface area contributed by atoms with Crippen LogP contribution < -0.4 is 0 Å². The number of benzene rings is 1. The molecular weight excluding hydrogens is 368 g/mol. The predicted octanol–water partition coefficient (Wildman–Crippen LogP) is 4.32. The molecule has 2 aromatic rings. The zero-order valence-electron chi connectivity index (χ0n) is 13.1. The minimum atomic E-state index is -4.99. The Labute approximate surface area is 142 Å². The molecule has 140 valence electrons. The van der Waals surface area contributed by atoms with Crippen molar-refractivity contribution in [3.05, 3.63) is 41.2 Å². The van der Waals surface area contributed by atoms with E-state index in [1.807, 2.05) is 0 Å². The number of alkyl halides is 6. The summed E-state index contributed by atoms with van der Waals surface area (Å²) in [6.07, 6.45) is -7.79. The van der Waals surface area contributed by atoms with Crippen molar-refractivity contribution in [1.82, 2.24) is 14.8 Å². The van der Waals surface area contributed by atoms with Crippen LogP contribution in [-0.4, -0.2) is 25.8 Å². The standard InChI is InChI=1S/C15H11F6N3O2/c1-2-8(13(25)26)6-24-7-22-12(23-24)9-3-10(14(16,17)18)5-11(4-9)15(19,20)21/h3-7H,2H2,1H3,(H,25,26)/b8-6+. The fourth-order valence-corrected chi connectivity index (χ4v) is 2.01. The molecule has 2 rings (SSSR count). The van der Waals surface area contributed by atoms with Crippen molar-refractivity contribution >= 4 is 12.2 Å². The second-order valence-electron chi connectivity index (χ2n) is 5.16. The van der Waals surface area contributed by atoms with E-state index in [9.17, 15) is 31.1 Å². The summed E-state index contributed by atoms with van der Waals surface area (Å²) in [5.74, 6) is -1.64. The van der Waals surface area contributed by atoms with Gasteiger partial charge in [0, 0.05) is 11.8 Å². The van der Waals surface area contributed by atoms with Crippen molar-refractivity contribution in [3.63, 3.8) is 0 Å². The molecule has 5 nitrogen and oxygen atoms in total. The van der Waals surface area contributed by atoms with Crippen molar-refractivity contribution in [1.29, 1.82) is 0 Å². The van der Waals surface area contributed by atoms with Gasteiger partial charge in [-0.3, -0.25) is 0 Å². The van der Waals surface area contributed by atoms with Crippen molar-refractivity contribution in [3.8, 4) is 11.4 Å². The first-order chi connectivity index (χ1) is 11.9. The number of nitrogens with zero attached hydrogens (tertiary/aromatic N) is 3. The highest BCUT2D eigenvalue weighted by molar-refractivity contribution is 5.89. The monoisotopic (exact) mass is 379 g/mol. The third-order valence-electron chi connectivity index (χ3n) is 3.30. The molecule has 0 unspecified atom stereocenters. The van der Waals surface area contributed by atoms with E-state index in [1.54, 1.807) is 6.92 Å². The molecule has 0 aliphatic rings. The first-order valence-electron chi connectivity index (χ1n) is 7.06. The molecule has 0 bridgehead atoms. The van der Waals surface area contributed by atoms with E-state index in [1.165, 1.54) is 0 Å². The highest BCUT2D eigenvalue weighted by Gasteiger charge is 2.37. The maximum Gasteiger partial charge on any atom is 0.416 e. The van der Waals surface area contributed by atoms with Crippen molar-refractivity contribution in [2.24, 2.45) is 0 Å². The summed E-state index contributed by atoms with van der Waals surface area (Å²) >= 11 is 0. The van der Waals surface area contributed by atoms with Crippen LogP contribution in [0.2, 0.25) is 0 Å². The maximum absolute atomic E-state index is 12.9. The summed E-state index contributed by atoms with van der Waals surface area (Å²) in [6, 6.07) is 0.993. The number of hydrogen-bond acceptors (Lipinski definition) is 3. The number of carbonyl (C=O) groups is 1. The number of halogens is 6. The van der Waals surface area contributed by atoms with Gasteiger partial charge in [-0.1, -0.05) is 6.92 Å². The van der Waals surface area contributed by atoms with E-state index < -0.39 is 40.8 Å². The van der Waals surface area contributed by atoms with E-state index in [0.29, 0.717) is 12.1 Å². The van der Waals surface area contributed by atoms with Gasteiger partial charge >= 0.3 is 18.3 Å². The Balaban J connectivity index is 2.54. The number of aromatic nitrogens is 3. The van der Waals surface area contributed by atoms with Gasteiger partial charge < -0.3 is 5.11 Å². The lowest BCUT2D eigenvalue weighted by atomic mass is 10.0. The molecule has 0 fully saturated rings. The van der Waals surface area contributed by atoms with E-state index in [2.05, 4.69) is 10.1 Å². The van der Waals surface area contributed by atoms with Crippen LogP contribution in [0.15, 0.2) is 30.1 Å². The predicted molar refractivity (Wildman–Crippen MR) is 77.7 cm³/mol. The molecule has 1 N–H and O–H groups in total. The van der Waals surface area contributed by atoms with Gasteiger partial charge in [0.2, 0.25) is 0 Å². The van der Waals surface area contributed by atoms with Gasteiger partial charge in [-0.05, 0) is 24.6 Å². The number of aliphatic carboxylic acids is 1. The van der Waals surface area contributed by atoms with Gasteiger partial charge in [-0.25, -0.2) is 14.5 Å². The van der Waals surface area contributed by atoms with Crippen LogP contribution in [0.4, 0.5) is 26.3 Å². The Hall–Kier alpha value is -2.85. The zero-order chi connectivity index (χ0) is 19.7. The Morgan fingerprint density at radius 3 is 2.08 bits per heavy atom. The van der Waals surface area contributed by atoms with E-state index >= 15 is 0 Å². The first kappa shape index (κ1) is 19.5. The van der Waals surface area contributed by atoms with Crippen LogP contribution in [0.1, 0.15) is 24.5 Å². The molecule has 0 spiro atoms. The highest BCUT2D eigenvalue weighted by atomic mass is 19.4. The second-order valence-corrected chi connectivity index (χ2v) is 5.16. The summed E-state index contributed by atoms with van der Waals surface area (Å²) in [5, 5.41) is 12.7. The summed E-state index contributed by atoms with van der Waals surface area (Å²) in [7, 11) is 0. The van der Waals surface area contributed by atoms with Gasteiger partial charge in [0.15, 0.2) is 5.82 Å². The molecule has 1 heterocycles. The van der Waals surface area contributed by atoms with Crippen LogP contribution in [0.3, 0.4) is 0 Å². The molecule has 0 amide bonds. The van der Waals surface area contributed by atoms with E-state index in [4.69, 9.17) is 5.11 Å². The molecule has 0 saturated heterocycles. The summed E-state index contributed by atoms with van der Waals surface area (Å²) in [6.45, 7) is 1.56. The summed E-state index contributed by atoms with van der Waals surface area (Å²) in [4.78, 5) is 14.6. The zero-order valence-corrected chi connectivity index (χ0v) is 13.1. The van der Waals surface area contributed by atoms with Crippen molar-refractivity contribution < 1.29 is 36.2 Å². The summed E-state index contributed by atoms with van der Waals surface area (Å²) in [5.41, 5.74) is -3.54. The third-order valence-corrected chi connectivity index (χ3v) is 3.30. The van der Waals surface area contributed by atoms with Crippen molar-refractivity contribution in [2.75, 3.05) is 0 Å². The van der Waals surface area contributed by atoms with Crippen LogP contribution >= 0.6 is 0 Å². The molecule has 0 atom stereocenters. The Morgan fingerprint density at radius 2 is 1.65 bits per heavy atom. The van der Waals surface area contributed by atoms with Crippen LogP contribution in [0, 0.1) is 0 Å². The average Bonchev–Trinajstić information content (AvgIpc) is 2.98. The van der Waals surface area contributed by atoms with Gasteiger partial charge in [-0.15, -0.1) is 5.10 Å². The van der Waals surface area contributed by atoms with Gasteiger partial charge in [0.05, 0.1) is 16.7 Å². The van der Waals surface area contributed by atoms with E-state index in [0.717, 1.165) is 17.2 Å². The smallest absolute Gasteiger partial charge is 0.416 e. The Kier molecular flexibility index (Phi) is 5.10. The van der Waals surface area contributed by atoms with E-state index in [-0.39, 0.29) is 18.1 Å². The largest absolute Gasteiger partial charge is 0.478 e. The lowest BCUT2D eigenvalue weighted by Gasteiger charge is -2.13. The van der Waals surface area contributed by atoms with Crippen LogP contribution in [0.25, 0.3) is 17.6 Å². The van der Waals surface area contributed by atoms with Crippen LogP contribution in [0.5, 0.6) is 0 Å². The second kappa shape index (κ2) is 6.81. The minimum absolute atomic E-state index is 0.0000128. The highest BCUT2D eigenvalue weighted by Crippen LogP contribution is 2.38. The minimum Gasteiger partial charge on any atom is -0.478 e. The Bertz CT molecular complexity index is 820. The lowest BCUT2D eigenvalue weighted by molar-refractivity contribution is -0.143. The molecule has 1 aromatic carbocycles. The number of hydrogen-bond donors (Lipinski definition) is 1. The fourth-order valence-electron chi connectivity index (χ4n) is 2.01. The van der Waals surface area contributed by atoms with Gasteiger partial charge in [0.25, 0.3) is 0 Å². The fraction of sp³-hybridized carbons (Fsp3) is 0.267. The molecule has 0 radical (unpaired) electrons. The lowest BCUT2D eigenvalue weighted by Crippen LogP contribution is -2.11. The molecule has 1 aromatic heterocycles. The van der Waals surface area contributed by atoms with Gasteiger partial charge in [-0.2, -0.15) is 26.3 Å². The molecule has 0 aliphatic heterocycles. The first-order valence-corrected chi connectivity index (χ1v) is 7.06. The quantitative estimate of drug-likeness (QED) is 0.635. The third kappa shape index (κ3) is 4.41. The molecule has 0 saturated carbocycles. The average molecular weight is 379 g/mol. The topological polar surface area (TPSA) is 68.0 Å². The normalized spacial score (nSPS) is 13.1. The number of carboxylic acid groups (broad SMARTS) is 1. The van der Waals surface area contributed by atoms with Crippen LogP contribution in [-0.2, 0) is 17.1 Å². The Morgan fingerprint density at radius 1 is 1.12 bits per heavy atom. The number of rotatable bonds is 4. The van der Waals surface area contributed by atoms with Crippen molar-refractivity contribution in [2.45, 2.75) is 25.7 Å². The number of carboxylic acids is 1. The maximum atomic E-state index is 12.9.